The molecule has 8 heteroatoms. The zero-order valence-electron chi connectivity index (χ0n) is 17.2. The Hall–Kier alpha value is -1.19. The second-order valence-corrected chi connectivity index (χ2v) is 9.55. The van der Waals surface area contributed by atoms with Crippen LogP contribution in [0.25, 0.3) is 0 Å². The molecule has 170 valence electrons. The van der Waals surface area contributed by atoms with Crippen LogP contribution in [0.3, 0.4) is 0 Å². The zero-order chi connectivity index (χ0) is 22.5. The number of hydrogen-bond donors (Lipinski definition) is 4. The largest absolute Gasteiger partial charge is 0.395 e. The standard InChI is InChI=1S/C23H28ClFO5S/c1-30-12-16-10-18(24)15(8-14-4-2-13(3-5-14)6-7-25)9-17(16)23-22(29)21(28)20(27)19(11-26)31-23/h2-5,9-10,19-23,26-29H,6-8,11-12H2,1H3/t19?,20-,21?,22-,23+/m1/s1. The highest BCUT2D eigenvalue weighted by molar-refractivity contribution is 8.00. The van der Waals surface area contributed by atoms with E-state index in [0.717, 1.165) is 27.8 Å². The van der Waals surface area contributed by atoms with Crippen LogP contribution in [0.15, 0.2) is 36.4 Å². The van der Waals surface area contributed by atoms with Crippen molar-refractivity contribution in [1.29, 1.82) is 0 Å². The van der Waals surface area contributed by atoms with Gasteiger partial charge in [0.15, 0.2) is 0 Å². The number of benzene rings is 2. The molecule has 31 heavy (non-hydrogen) atoms. The summed E-state index contributed by atoms with van der Waals surface area (Å²) < 4.78 is 17.8. The van der Waals surface area contributed by atoms with Crippen molar-refractivity contribution in [2.45, 2.75) is 48.3 Å². The molecule has 2 aromatic carbocycles. The SMILES string of the molecule is COCc1cc(Cl)c(Cc2ccc(CCF)cc2)cc1[C@@H]1SC(CO)[C@@H](O)C(O)[C@H]1O. The summed E-state index contributed by atoms with van der Waals surface area (Å²) in [4.78, 5) is 0. The molecule has 1 saturated heterocycles. The predicted molar refractivity (Wildman–Crippen MR) is 120 cm³/mol. The second kappa shape index (κ2) is 11.1. The van der Waals surface area contributed by atoms with Gasteiger partial charge in [0.25, 0.3) is 0 Å². The van der Waals surface area contributed by atoms with Crippen molar-refractivity contribution < 1.29 is 29.6 Å². The molecule has 2 aromatic rings. The molecule has 0 aromatic heterocycles. The average Bonchev–Trinajstić information content (AvgIpc) is 2.76. The summed E-state index contributed by atoms with van der Waals surface area (Å²) in [6.07, 6.45) is -2.89. The molecular formula is C23H28ClFO5S. The van der Waals surface area contributed by atoms with Crippen LogP contribution < -0.4 is 0 Å². The first-order chi connectivity index (χ1) is 14.9. The van der Waals surface area contributed by atoms with E-state index in [1.165, 1.54) is 11.8 Å². The van der Waals surface area contributed by atoms with Gasteiger partial charge in [-0.05, 0) is 40.3 Å². The first-order valence-electron chi connectivity index (χ1n) is 10.1. The van der Waals surface area contributed by atoms with Crippen molar-refractivity contribution in [3.63, 3.8) is 0 Å². The summed E-state index contributed by atoms with van der Waals surface area (Å²) in [5, 5.41) is 40.1. The van der Waals surface area contributed by atoms with E-state index in [9.17, 15) is 24.8 Å². The van der Waals surface area contributed by atoms with Gasteiger partial charge >= 0.3 is 0 Å². The van der Waals surface area contributed by atoms with E-state index < -0.39 is 35.5 Å². The van der Waals surface area contributed by atoms with Crippen molar-refractivity contribution >= 4 is 23.4 Å². The van der Waals surface area contributed by atoms with Crippen molar-refractivity contribution in [1.82, 2.24) is 0 Å². The smallest absolute Gasteiger partial charge is 0.108 e. The molecule has 1 aliphatic heterocycles. The average molecular weight is 471 g/mol. The minimum Gasteiger partial charge on any atom is -0.395 e. The number of halogens is 2. The Morgan fingerprint density at radius 2 is 1.68 bits per heavy atom. The highest BCUT2D eigenvalue weighted by atomic mass is 35.5. The lowest BCUT2D eigenvalue weighted by Gasteiger charge is -2.40. The number of rotatable bonds is 8. The quantitative estimate of drug-likeness (QED) is 0.474. The fourth-order valence-electron chi connectivity index (χ4n) is 3.87. The van der Waals surface area contributed by atoms with E-state index >= 15 is 0 Å². The van der Waals surface area contributed by atoms with Gasteiger partial charge in [-0.15, -0.1) is 11.8 Å². The van der Waals surface area contributed by atoms with Crippen LogP contribution in [0.4, 0.5) is 4.39 Å². The van der Waals surface area contributed by atoms with Crippen LogP contribution in [-0.4, -0.2) is 64.4 Å². The van der Waals surface area contributed by atoms with E-state index in [1.54, 1.807) is 13.2 Å². The van der Waals surface area contributed by atoms with Crippen LogP contribution >= 0.6 is 23.4 Å². The van der Waals surface area contributed by atoms with E-state index in [0.29, 0.717) is 17.9 Å². The number of hydrogen-bond acceptors (Lipinski definition) is 6. The van der Waals surface area contributed by atoms with Gasteiger partial charge in [0, 0.05) is 18.6 Å². The van der Waals surface area contributed by atoms with Crippen molar-refractivity contribution in [2.75, 3.05) is 20.4 Å². The summed E-state index contributed by atoms with van der Waals surface area (Å²) in [7, 11) is 1.56. The Bertz CT molecular complexity index is 864. The van der Waals surface area contributed by atoms with Gasteiger partial charge < -0.3 is 25.2 Å². The third-order valence-electron chi connectivity index (χ3n) is 5.61. The molecular weight excluding hydrogens is 443 g/mol. The third kappa shape index (κ3) is 5.60. The number of methoxy groups -OCH3 is 1. The molecule has 5 atom stereocenters. The Morgan fingerprint density at radius 3 is 2.29 bits per heavy atom. The number of thioether (sulfide) groups is 1. The molecule has 1 aliphatic rings. The van der Waals surface area contributed by atoms with Gasteiger partial charge in [-0.25, -0.2) is 0 Å². The maximum atomic E-state index is 12.5. The molecule has 0 spiro atoms. The van der Waals surface area contributed by atoms with Crippen LogP contribution in [0.1, 0.15) is 33.1 Å². The summed E-state index contributed by atoms with van der Waals surface area (Å²) in [5.41, 5.74) is 4.29. The van der Waals surface area contributed by atoms with Gasteiger partial charge in [-0.1, -0.05) is 41.9 Å². The minimum absolute atomic E-state index is 0.263. The van der Waals surface area contributed by atoms with Crippen molar-refractivity contribution in [2.24, 2.45) is 0 Å². The third-order valence-corrected chi connectivity index (χ3v) is 7.56. The van der Waals surface area contributed by atoms with Gasteiger partial charge in [0.2, 0.25) is 0 Å². The zero-order valence-corrected chi connectivity index (χ0v) is 18.8. The van der Waals surface area contributed by atoms with E-state index in [1.807, 2.05) is 30.3 Å². The Morgan fingerprint density at radius 1 is 1.00 bits per heavy atom. The Balaban J connectivity index is 1.95. The lowest BCUT2D eigenvalue weighted by atomic mass is 9.91. The van der Waals surface area contributed by atoms with Crippen LogP contribution in [-0.2, 0) is 24.2 Å². The molecule has 1 heterocycles. The lowest BCUT2D eigenvalue weighted by molar-refractivity contribution is -0.0701. The molecule has 0 aliphatic carbocycles. The summed E-state index contributed by atoms with van der Waals surface area (Å²) in [6, 6.07) is 11.4. The summed E-state index contributed by atoms with van der Waals surface area (Å²) in [5.74, 6) is 0. The van der Waals surface area contributed by atoms with Gasteiger partial charge in [-0.3, -0.25) is 4.39 Å². The molecule has 4 N–H and O–H groups in total. The predicted octanol–water partition coefficient (Wildman–Crippen LogP) is 2.82. The topological polar surface area (TPSA) is 90.2 Å². The highest BCUT2D eigenvalue weighted by Crippen LogP contribution is 2.45. The number of alkyl halides is 1. The fraction of sp³-hybridized carbons (Fsp3) is 0.478. The number of aliphatic hydroxyl groups is 4. The number of aliphatic hydroxyl groups excluding tert-OH is 4. The molecule has 0 saturated carbocycles. The molecule has 1 fully saturated rings. The van der Waals surface area contributed by atoms with E-state index in [4.69, 9.17) is 16.3 Å². The Labute approximate surface area is 190 Å². The number of ether oxygens (including phenoxy) is 1. The van der Waals surface area contributed by atoms with Gasteiger partial charge in [-0.2, -0.15) is 0 Å². The maximum Gasteiger partial charge on any atom is 0.108 e. The van der Waals surface area contributed by atoms with Gasteiger partial charge in [0.1, 0.15) is 6.10 Å². The second-order valence-electron chi connectivity index (χ2n) is 7.76. The van der Waals surface area contributed by atoms with Crippen LogP contribution in [0.5, 0.6) is 0 Å². The fourth-order valence-corrected chi connectivity index (χ4v) is 5.60. The minimum atomic E-state index is -1.37. The van der Waals surface area contributed by atoms with Crippen LogP contribution in [0, 0.1) is 0 Å². The monoisotopic (exact) mass is 470 g/mol. The number of aryl methyl sites for hydroxylation is 1. The maximum absolute atomic E-state index is 12.5. The van der Waals surface area contributed by atoms with E-state index in [-0.39, 0.29) is 13.2 Å². The van der Waals surface area contributed by atoms with Crippen molar-refractivity contribution in [3.05, 3.63) is 69.2 Å². The molecule has 0 bridgehead atoms. The van der Waals surface area contributed by atoms with Crippen LogP contribution in [0.2, 0.25) is 5.02 Å². The molecule has 0 radical (unpaired) electrons. The van der Waals surface area contributed by atoms with Gasteiger partial charge in [0.05, 0.1) is 42.6 Å². The summed E-state index contributed by atoms with van der Waals surface area (Å²) >= 11 is 7.78. The summed E-state index contributed by atoms with van der Waals surface area (Å²) in [6.45, 7) is -0.455. The first-order valence-corrected chi connectivity index (χ1v) is 11.5. The normalized spacial score (nSPS) is 26.2. The Kier molecular flexibility index (Phi) is 8.75. The molecule has 5 nitrogen and oxygen atoms in total. The first kappa shape index (κ1) is 24.5. The molecule has 2 unspecified atom stereocenters. The van der Waals surface area contributed by atoms with Crippen molar-refractivity contribution in [3.8, 4) is 0 Å². The highest BCUT2D eigenvalue weighted by Gasteiger charge is 2.44. The lowest BCUT2D eigenvalue weighted by Crippen LogP contribution is -2.51. The molecule has 3 rings (SSSR count). The molecule has 0 amide bonds. The van der Waals surface area contributed by atoms with E-state index in [2.05, 4.69) is 0 Å².